The van der Waals surface area contributed by atoms with Crippen LogP contribution in [0.15, 0.2) is 0 Å². The SMILES string of the molecule is CCCCCCCCCCCCCCCCCCCCCCCCCCCCCCCCCCCCCCCCCCP(C)(C)(C)Cl. The Morgan fingerprint density at radius 3 is 0.489 bits per heavy atom. The van der Waals surface area contributed by atoms with Crippen molar-refractivity contribution in [2.75, 3.05) is 26.2 Å². The molecule has 0 aromatic heterocycles. The second kappa shape index (κ2) is 36.5. The van der Waals surface area contributed by atoms with Gasteiger partial charge in [0.15, 0.2) is 0 Å². The normalized spacial score (nSPS) is 12.9. The Balaban J connectivity index is 3.07. The molecule has 0 N–H and O–H groups in total. The van der Waals surface area contributed by atoms with Crippen LogP contribution in [0.4, 0.5) is 0 Å². The molecular formula is C45H94ClP. The van der Waals surface area contributed by atoms with Crippen molar-refractivity contribution in [1.82, 2.24) is 0 Å². The Bertz CT molecular complexity index is 569. The van der Waals surface area contributed by atoms with E-state index in [2.05, 4.69) is 26.9 Å². The van der Waals surface area contributed by atoms with Crippen LogP contribution in [0.3, 0.4) is 0 Å². The van der Waals surface area contributed by atoms with Crippen molar-refractivity contribution in [3.05, 3.63) is 0 Å². The number of unbranched alkanes of at least 4 members (excludes halogenated alkanes) is 39. The van der Waals surface area contributed by atoms with Gasteiger partial charge in [-0.1, -0.05) is 193 Å². The zero-order valence-electron chi connectivity index (χ0n) is 33.8. The first-order valence-electron chi connectivity index (χ1n) is 22.5. The van der Waals surface area contributed by atoms with Crippen molar-refractivity contribution in [3.8, 4) is 0 Å². The van der Waals surface area contributed by atoms with Crippen LogP contribution < -0.4 is 0 Å². The van der Waals surface area contributed by atoms with Gasteiger partial charge in [-0.2, -0.15) is 0 Å². The third kappa shape index (κ3) is 46.7. The van der Waals surface area contributed by atoms with E-state index in [-0.39, 0.29) is 0 Å². The summed E-state index contributed by atoms with van der Waals surface area (Å²) in [6, 6.07) is 0. The summed E-state index contributed by atoms with van der Waals surface area (Å²) in [7, 11) is 0. The van der Waals surface area contributed by atoms with E-state index in [0.29, 0.717) is 0 Å². The van der Waals surface area contributed by atoms with E-state index in [1.807, 2.05) is 0 Å². The third-order valence-corrected chi connectivity index (χ3v) is 13.1. The Hall–Kier alpha value is 0.720. The summed E-state index contributed by atoms with van der Waals surface area (Å²) in [6.45, 7) is 9.18. The predicted molar refractivity (Wildman–Crippen MR) is 226 cm³/mol. The van der Waals surface area contributed by atoms with E-state index in [4.69, 9.17) is 11.2 Å². The predicted octanol–water partition coefficient (Wildman–Crippen LogP) is 18.2. The number of hydrogen-bond donors (Lipinski definition) is 0. The molecular weight excluding hydrogens is 607 g/mol. The molecule has 0 aliphatic heterocycles. The van der Waals surface area contributed by atoms with Gasteiger partial charge in [0.05, 0.1) is 0 Å². The average molecular weight is 702 g/mol. The molecule has 0 fully saturated rings. The molecule has 0 nitrogen and oxygen atoms in total. The van der Waals surface area contributed by atoms with Crippen molar-refractivity contribution >= 4 is 17.2 Å². The monoisotopic (exact) mass is 701 g/mol. The summed E-state index contributed by atoms with van der Waals surface area (Å²) < 4.78 is 0. The molecule has 0 aromatic rings. The Morgan fingerprint density at radius 1 is 0.234 bits per heavy atom. The van der Waals surface area contributed by atoms with Gasteiger partial charge < -0.3 is 0 Å². The molecule has 0 bridgehead atoms. The summed E-state index contributed by atoms with van der Waals surface area (Å²) in [6.07, 6.45) is 60.2. The van der Waals surface area contributed by atoms with Crippen molar-refractivity contribution in [3.63, 3.8) is 0 Å². The third-order valence-electron chi connectivity index (χ3n) is 10.8. The minimum atomic E-state index is -1.77. The fourth-order valence-electron chi connectivity index (χ4n) is 7.44. The van der Waals surface area contributed by atoms with Gasteiger partial charge >= 0.3 is 114 Å². The van der Waals surface area contributed by atoms with Crippen molar-refractivity contribution in [1.29, 1.82) is 0 Å². The van der Waals surface area contributed by atoms with Crippen LogP contribution in [0, 0.1) is 0 Å². The molecule has 0 rings (SSSR count). The zero-order valence-corrected chi connectivity index (χ0v) is 35.5. The average Bonchev–Trinajstić information content (AvgIpc) is 3.03. The van der Waals surface area contributed by atoms with Gasteiger partial charge in [0.2, 0.25) is 0 Å². The number of halogens is 1. The van der Waals surface area contributed by atoms with Gasteiger partial charge in [-0.15, -0.1) is 0 Å². The molecule has 0 radical (unpaired) electrons. The second-order valence-corrected chi connectivity index (χ2v) is 27.5. The molecule has 2 heteroatoms. The number of rotatable bonds is 41. The van der Waals surface area contributed by atoms with Crippen LogP contribution in [0.1, 0.15) is 264 Å². The first kappa shape index (κ1) is 47.7. The fraction of sp³-hybridized carbons (Fsp3) is 1.00. The van der Waals surface area contributed by atoms with Crippen LogP contribution in [0.25, 0.3) is 0 Å². The van der Waals surface area contributed by atoms with Gasteiger partial charge in [-0.3, -0.25) is 0 Å². The molecule has 0 spiro atoms. The van der Waals surface area contributed by atoms with Crippen LogP contribution in [-0.2, 0) is 0 Å². The van der Waals surface area contributed by atoms with E-state index in [0.717, 1.165) is 0 Å². The summed E-state index contributed by atoms with van der Waals surface area (Å²) in [5.41, 5.74) is 0. The molecule has 0 unspecified atom stereocenters. The molecule has 286 valence electrons. The summed E-state index contributed by atoms with van der Waals surface area (Å²) in [5.74, 6) is -1.77. The van der Waals surface area contributed by atoms with Crippen LogP contribution in [-0.4, -0.2) is 26.2 Å². The topological polar surface area (TPSA) is 0 Å². The van der Waals surface area contributed by atoms with E-state index in [1.54, 1.807) is 0 Å². The van der Waals surface area contributed by atoms with Gasteiger partial charge in [0.1, 0.15) is 0 Å². The van der Waals surface area contributed by atoms with Gasteiger partial charge in [-0.05, 0) is 0 Å². The molecule has 0 aromatic carbocycles. The molecule has 0 saturated heterocycles. The summed E-state index contributed by atoms with van der Waals surface area (Å²) in [4.78, 5) is 0. The second-order valence-electron chi connectivity index (χ2n) is 17.4. The standard InChI is InChI=1S/C45H94ClP/c1-5-6-7-8-9-10-11-12-13-14-15-16-17-18-19-20-21-22-23-24-25-26-27-28-29-30-31-32-33-34-35-36-37-38-39-40-41-42-43-44-45-47(2,3,4)46/h5-45H2,1-4H3. The molecule has 0 aliphatic carbocycles. The van der Waals surface area contributed by atoms with E-state index in [9.17, 15) is 0 Å². The zero-order chi connectivity index (χ0) is 34.4. The van der Waals surface area contributed by atoms with E-state index >= 15 is 0 Å². The number of hydrogen-bond acceptors (Lipinski definition) is 0. The van der Waals surface area contributed by atoms with Crippen molar-refractivity contribution < 1.29 is 0 Å². The Morgan fingerprint density at radius 2 is 0.362 bits per heavy atom. The van der Waals surface area contributed by atoms with Crippen LogP contribution in [0.2, 0.25) is 0 Å². The first-order valence-corrected chi connectivity index (χ1v) is 27.2. The maximum absolute atomic E-state index is 6.65. The molecule has 0 aliphatic rings. The van der Waals surface area contributed by atoms with E-state index in [1.165, 1.54) is 263 Å². The van der Waals surface area contributed by atoms with Gasteiger partial charge in [0, 0.05) is 0 Å². The molecule has 0 atom stereocenters. The summed E-state index contributed by atoms with van der Waals surface area (Å²) >= 11 is 6.65. The molecule has 0 amide bonds. The summed E-state index contributed by atoms with van der Waals surface area (Å²) in [5, 5.41) is 0. The Kier molecular flexibility index (Phi) is 37.1. The molecule has 47 heavy (non-hydrogen) atoms. The quantitative estimate of drug-likeness (QED) is 0.0440. The van der Waals surface area contributed by atoms with Crippen LogP contribution >= 0.6 is 17.2 Å². The van der Waals surface area contributed by atoms with Crippen molar-refractivity contribution in [2.24, 2.45) is 0 Å². The Labute approximate surface area is 306 Å². The maximum atomic E-state index is 6.65. The van der Waals surface area contributed by atoms with Gasteiger partial charge in [-0.25, -0.2) is 0 Å². The molecule has 0 saturated carbocycles. The fourth-order valence-corrected chi connectivity index (χ4v) is 9.09. The van der Waals surface area contributed by atoms with Crippen molar-refractivity contribution in [2.45, 2.75) is 264 Å². The van der Waals surface area contributed by atoms with E-state index < -0.39 is 5.96 Å². The van der Waals surface area contributed by atoms with Crippen LogP contribution in [0.5, 0.6) is 0 Å². The van der Waals surface area contributed by atoms with Gasteiger partial charge in [0.25, 0.3) is 0 Å². The minimum absolute atomic E-state index is 1.26. The first-order chi connectivity index (χ1) is 22.8. The molecule has 0 heterocycles.